The second-order valence-electron chi connectivity index (χ2n) is 5.43. The fourth-order valence-corrected chi connectivity index (χ4v) is 2.36. The third-order valence-electron chi connectivity index (χ3n) is 3.23. The monoisotopic (exact) mass is 320 g/mol. The van der Waals surface area contributed by atoms with E-state index in [0.717, 1.165) is 5.56 Å². The van der Waals surface area contributed by atoms with Gasteiger partial charge in [0.25, 0.3) is 5.91 Å². The molecule has 2 rings (SSSR count). The van der Waals surface area contributed by atoms with E-state index in [-0.39, 0.29) is 5.56 Å². The van der Waals surface area contributed by atoms with Crippen molar-refractivity contribution in [3.8, 4) is 0 Å². The summed E-state index contributed by atoms with van der Waals surface area (Å²) < 4.78 is 13.9. The lowest BCUT2D eigenvalue weighted by molar-refractivity contribution is 0.102. The number of benzene rings is 2. The number of nitrogens with zero attached hydrogens (tertiary/aromatic N) is 1. The van der Waals surface area contributed by atoms with Crippen LogP contribution in [0.25, 0.3) is 0 Å². The summed E-state index contributed by atoms with van der Waals surface area (Å²) in [6.45, 7) is 2.33. The molecule has 116 valence electrons. The van der Waals surface area contributed by atoms with Crippen molar-refractivity contribution in [1.82, 2.24) is 4.90 Å². The van der Waals surface area contributed by atoms with Crippen molar-refractivity contribution in [1.29, 1.82) is 0 Å². The molecule has 22 heavy (non-hydrogen) atoms. The first-order chi connectivity index (χ1) is 10.4. The minimum Gasteiger partial charge on any atom is -0.322 e. The number of amides is 1. The van der Waals surface area contributed by atoms with Gasteiger partial charge in [-0.3, -0.25) is 4.79 Å². The third kappa shape index (κ3) is 3.84. The average molecular weight is 321 g/mol. The van der Waals surface area contributed by atoms with Gasteiger partial charge in [-0.2, -0.15) is 0 Å². The van der Waals surface area contributed by atoms with Crippen molar-refractivity contribution in [2.75, 3.05) is 19.4 Å². The fraction of sp³-hybridized carbons (Fsp3) is 0.235. The van der Waals surface area contributed by atoms with E-state index in [0.29, 0.717) is 22.8 Å². The zero-order valence-electron chi connectivity index (χ0n) is 12.8. The van der Waals surface area contributed by atoms with Crippen molar-refractivity contribution in [2.45, 2.75) is 13.5 Å². The molecule has 1 amide bonds. The lowest BCUT2D eigenvalue weighted by Crippen LogP contribution is -2.15. The van der Waals surface area contributed by atoms with E-state index >= 15 is 0 Å². The van der Waals surface area contributed by atoms with Crippen LogP contribution in [0.2, 0.25) is 5.02 Å². The molecule has 0 aliphatic carbocycles. The van der Waals surface area contributed by atoms with Crippen molar-refractivity contribution in [2.24, 2.45) is 0 Å². The van der Waals surface area contributed by atoms with Crippen LogP contribution in [-0.4, -0.2) is 24.9 Å². The molecule has 2 aromatic rings. The summed E-state index contributed by atoms with van der Waals surface area (Å²) in [5.41, 5.74) is 1.96. The van der Waals surface area contributed by atoms with Crippen molar-refractivity contribution >= 4 is 23.2 Å². The Bertz CT molecular complexity index is 701. The molecule has 0 aliphatic rings. The molecule has 2 aromatic carbocycles. The summed E-state index contributed by atoms with van der Waals surface area (Å²) in [7, 11) is 3.90. The fourth-order valence-electron chi connectivity index (χ4n) is 2.12. The molecule has 0 saturated heterocycles. The van der Waals surface area contributed by atoms with Gasteiger partial charge in [-0.05, 0) is 50.3 Å². The predicted octanol–water partition coefficient (Wildman–Crippen LogP) is 4.10. The van der Waals surface area contributed by atoms with E-state index in [1.807, 2.05) is 25.1 Å². The predicted molar refractivity (Wildman–Crippen MR) is 87.9 cm³/mol. The van der Waals surface area contributed by atoms with Crippen molar-refractivity contribution in [3.05, 3.63) is 63.9 Å². The number of aryl methyl sites for hydroxylation is 1. The number of hydrogen-bond donors (Lipinski definition) is 1. The van der Waals surface area contributed by atoms with Gasteiger partial charge >= 0.3 is 0 Å². The Morgan fingerprint density at radius 1 is 1.27 bits per heavy atom. The first kappa shape index (κ1) is 16.5. The van der Waals surface area contributed by atoms with Crippen molar-refractivity contribution in [3.63, 3.8) is 0 Å². The topological polar surface area (TPSA) is 32.3 Å². The summed E-state index contributed by atoms with van der Waals surface area (Å²) in [6.07, 6.45) is 0. The molecule has 0 radical (unpaired) electrons. The molecule has 0 unspecified atom stereocenters. The van der Waals surface area contributed by atoms with E-state index < -0.39 is 11.7 Å². The molecular formula is C17H18ClFN2O. The summed E-state index contributed by atoms with van der Waals surface area (Å²) >= 11 is 6.21. The molecule has 0 aromatic heterocycles. The lowest BCUT2D eigenvalue weighted by Gasteiger charge is -2.13. The largest absolute Gasteiger partial charge is 0.322 e. The van der Waals surface area contributed by atoms with Crippen LogP contribution in [0.4, 0.5) is 10.1 Å². The average Bonchev–Trinajstić information content (AvgIpc) is 2.44. The highest BCUT2D eigenvalue weighted by atomic mass is 35.5. The molecule has 3 nitrogen and oxygen atoms in total. The molecular weight excluding hydrogens is 303 g/mol. The van der Waals surface area contributed by atoms with Gasteiger partial charge in [0, 0.05) is 17.3 Å². The zero-order chi connectivity index (χ0) is 16.3. The molecule has 0 bridgehead atoms. The Kier molecular flexibility index (Phi) is 5.16. The summed E-state index contributed by atoms with van der Waals surface area (Å²) in [6, 6.07) is 10.0. The van der Waals surface area contributed by atoms with Crippen LogP contribution in [0.3, 0.4) is 0 Å². The number of carbonyl (C=O) groups is 1. The van der Waals surface area contributed by atoms with Gasteiger partial charge in [0.05, 0.1) is 5.56 Å². The summed E-state index contributed by atoms with van der Waals surface area (Å²) in [5.74, 6) is -0.993. The maximum atomic E-state index is 13.9. The number of anilines is 1. The zero-order valence-corrected chi connectivity index (χ0v) is 13.5. The Morgan fingerprint density at radius 2 is 2.00 bits per heavy atom. The van der Waals surface area contributed by atoms with Crippen LogP contribution < -0.4 is 5.32 Å². The lowest BCUT2D eigenvalue weighted by atomic mass is 10.1. The Balaban J connectivity index is 2.18. The smallest absolute Gasteiger partial charge is 0.258 e. The standard InChI is InChI=1S/C17H18ClFN2O/c1-11-5-4-6-14(16(11)19)17(22)20-13-8-7-12(10-21(2)3)15(18)9-13/h4-9H,10H2,1-3H3,(H,20,22). The highest BCUT2D eigenvalue weighted by Gasteiger charge is 2.14. The molecule has 0 heterocycles. The minimum atomic E-state index is -0.504. The summed E-state index contributed by atoms with van der Waals surface area (Å²) in [5, 5.41) is 3.24. The van der Waals surface area contributed by atoms with Crippen LogP contribution in [0, 0.1) is 12.7 Å². The Hall–Kier alpha value is -1.91. The van der Waals surface area contributed by atoms with E-state index in [4.69, 9.17) is 11.6 Å². The van der Waals surface area contributed by atoms with Crippen molar-refractivity contribution < 1.29 is 9.18 Å². The molecule has 0 saturated carbocycles. The number of hydrogen-bond acceptors (Lipinski definition) is 2. The van der Waals surface area contributed by atoms with Gasteiger partial charge < -0.3 is 10.2 Å². The van der Waals surface area contributed by atoms with Crippen LogP contribution >= 0.6 is 11.6 Å². The molecule has 0 fully saturated rings. The quantitative estimate of drug-likeness (QED) is 0.919. The molecule has 5 heteroatoms. The summed E-state index contributed by atoms with van der Waals surface area (Å²) in [4.78, 5) is 14.2. The number of nitrogens with one attached hydrogen (secondary N) is 1. The van der Waals surface area contributed by atoms with Crippen LogP contribution in [0.15, 0.2) is 36.4 Å². The third-order valence-corrected chi connectivity index (χ3v) is 3.59. The maximum absolute atomic E-state index is 13.9. The molecule has 0 aliphatic heterocycles. The molecule has 0 spiro atoms. The van der Waals surface area contributed by atoms with Crippen LogP contribution in [0.1, 0.15) is 21.5 Å². The minimum absolute atomic E-state index is 0.0218. The van der Waals surface area contributed by atoms with Gasteiger partial charge in [-0.25, -0.2) is 4.39 Å². The van der Waals surface area contributed by atoms with Gasteiger partial charge in [0.1, 0.15) is 5.82 Å². The first-order valence-electron chi connectivity index (χ1n) is 6.88. The van der Waals surface area contributed by atoms with Gasteiger partial charge in [0.15, 0.2) is 0 Å². The van der Waals surface area contributed by atoms with E-state index in [2.05, 4.69) is 5.32 Å². The second kappa shape index (κ2) is 6.90. The molecule has 1 N–H and O–H groups in total. The van der Waals surface area contributed by atoms with Gasteiger partial charge in [-0.1, -0.05) is 29.8 Å². The number of halogens is 2. The highest BCUT2D eigenvalue weighted by Crippen LogP contribution is 2.23. The first-order valence-corrected chi connectivity index (χ1v) is 7.26. The van der Waals surface area contributed by atoms with E-state index in [9.17, 15) is 9.18 Å². The number of carbonyl (C=O) groups excluding carboxylic acids is 1. The van der Waals surface area contributed by atoms with Gasteiger partial charge in [0.2, 0.25) is 0 Å². The SMILES string of the molecule is Cc1cccc(C(=O)Nc2ccc(CN(C)C)c(Cl)c2)c1F. The highest BCUT2D eigenvalue weighted by molar-refractivity contribution is 6.31. The Morgan fingerprint density at radius 3 is 2.64 bits per heavy atom. The normalized spacial score (nSPS) is 10.8. The van der Waals surface area contributed by atoms with Crippen LogP contribution in [0.5, 0.6) is 0 Å². The Labute approximate surface area is 134 Å². The van der Waals surface area contributed by atoms with E-state index in [1.165, 1.54) is 6.07 Å². The maximum Gasteiger partial charge on any atom is 0.258 e. The molecule has 0 atom stereocenters. The second-order valence-corrected chi connectivity index (χ2v) is 5.84. The number of rotatable bonds is 4. The van der Waals surface area contributed by atoms with Gasteiger partial charge in [-0.15, -0.1) is 0 Å². The van der Waals surface area contributed by atoms with E-state index in [1.54, 1.807) is 31.2 Å². The van der Waals surface area contributed by atoms with Crippen LogP contribution in [-0.2, 0) is 6.54 Å².